The molecule has 2 aromatic heterocycles. The minimum atomic E-state index is 0.213. The molecule has 0 bridgehead atoms. The number of hydrogen-bond donors (Lipinski definition) is 1. The van der Waals surface area contributed by atoms with E-state index in [1.165, 1.54) is 15.3 Å². The number of imidazole rings is 1. The van der Waals surface area contributed by atoms with E-state index >= 15 is 0 Å². The van der Waals surface area contributed by atoms with Gasteiger partial charge in [0.05, 0.1) is 17.1 Å². The molecule has 0 aliphatic rings. The fourth-order valence-corrected chi connectivity index (χ4v) is 3.35. The molecule has 1 aromatic carbocycles. The molecule has 3 rings (SSSR count). The van der Waals surface area contributed by atoms with E-state index in [1.54, 1.807) is 0 Å². The van der Waals surface area contributed by atoms with Crippen LogP contribution in [0, 0.1) is 13.8 Å². The molecule has 1 atom stereocenters. The number of benzene rings is 1. The predicted octanol–water partition coefficient (Wildman–Crippen LogP) is 3.91. The lowest BCUT2D eigenvalue weighted by Gasteiger charge is -2.14. The molecule has 2 heterocycles. The standard InChI is InChI=1S/C15H17N3S/c1-9-4-6-12-13(8-9)18(15(16)17-12)11(3)14-7-5-10(2)19-14/h4-8,11H,1-3H3,(H2,16,17). The van der Waals surface area contributed by atoms with Crippen LogP contribution in [0.4, 0.5) is 5.95 Å². The van der Waals surface area contributed by atoms with E-state index in [0.717, 1.165) is 11.0 Å². The first-order valence-electron chi connectivity index (χ1n) is 6.36. The number of aryl methyl sites for hydroxylation is 2. The molecule has 0 saturated heterocycles. The van der Waals surface area contributed by atoms with Crippen LogP contribution >= 0.6 is 11.3 Å². The highest BCUT2D eigenvalue weighted by Gasteiger charge is 2.16. The zero-order chi connectivity index (χ0) is 13.6. The molecule has 3 nitrogen and oxygen atoms in total. The molecule has 0 aliphatic carbocycles. The molecule has 3 aromatic rings. The lowest BCUT2D eigenvalue weighted by molar-refractivity contribution is 0.680. The quantitative estimate of drug-likeness (QED) is 0.768. The van der Waals surface area contributed by atoms with Crippen molar-refractivity contribution < 1.29 is 0 Å². The molecule has 98 valence electrons. The highest BCUT2D eigenvalue weighted by atomic mass is 32.1. The molecule has 0 spiro atoms. The van der Waals surface area contributed by atoms with Crippen molar-refractivity contribution in [1.29, 1.82) is 0 Å². The van der Waals surface area contributed by atoms with Crippen molar-refractivity contribution in [2.75, 3.05) is 5.73 Å². The SMILES string of the molecule is Cc1ccc2nc(N)n(C(C)c3ccc(C)s3)c2c1. The Kier molecular flexibility index (Phi) is 2.82. The number of nitrogens with two attached hydrogens (primary N) is 1. The van der Waals surface area contributed by atoms with Crippen LogP contribution in [0.15, 0.2) is 30.3 Å². The first kappa shape index (κ1) is 12.2. The van der Waals surface area contributed by atoms with Gasteiger partial charge in [-0.1, -0.05) is 6.07 Å². The normalized spacial score (nSPS) is 13.0. The van der Waals surface area contributed by atoms with Crippen LogP contribution in [0.5, 0.6) is 0 Å². The number of rotatable bonds is 2. The lowest BCUT2D eigenvalue weighted by atomic mass is 10.2. The van der Waals surface area contributed by atoms with Crippen LogP contribution in [0.2, 0.25) is 0 Å². The van der Waals surface area contributed by atoms with Crippen molar-refractivity contribution >= 4 is 28.3 Å². The van der Waals surface area contributed by atoms with Crippen molar-refractivity contribution in [3.8, 4) is 0 Å². The Bertz CT molecular complexity index is 739. The number of nitrogens with zero attached hydrogens (tertiary/aromatic N) is 2. The van der Waals surface area contributed by atoms with Crippen LogP contribution in [0.3, 0.4) is 0 Å². The number of thiophene rings is 1. The van der Waals surface area contributed by atoms with Crippen LogP contribution in [-0.4, -0.2) is 9.55 Å². The molecular formula is C15H17N3S. The molecule has 4 heteroatoms. The van der Waals surface area contributed by atoms with Crippen molar-refractivity contribution in [3.63, 3.8) is 0 Å². The molecule has 1 unspecified atom stereocenters. The summed E-state index contributed by atoms with van der Waals surface area (Å²) in [5, 5.41) is 0. The van der Waals surface area contributed by atoms with E-state index in [2.05, 4.69) is 54.6 Å². The fraction of sp³-hybridized carbons (Fsp3) is 0.267. The monoisotopic (exact) mass is 271 g/mol. The number of nitrogen functional groups attached to an aromatic ring is 1. The molecular weight excluding hydrogens is 254 g/mol. The summed E-state index contributed by atoms with van der Waals surface area (Å²) in [5.74, 6) is 0.583. The Morgan fingerprint density at radius 3 is 2.68 bits per heavy atom. The summed E-state index contributed by atoms with van der Waals surface area (Å²) in [4.78, 5) is 7.08. The van der Waals surface area contributed by atoms with Gasteiger partial charge in [0.15, 0.2) is 0 Å². The second kappa shape index (κ2) is 4.38. The molecule has 0 aliphatic heterocycles. The minimum Gasteiger partial charge on any atom is -0.369 e. The second-order valence-corrected chi connectivity index (χ2v) is 6.28. The molecule has 0 saturated carbocycles. The van der Waals surface area contributed by atoms with Gasteiger partial charge in [0.25, 0.3) is 0 Å². The van der Waals surface area contributed by atoms with Crippen molar-refractivity contribution in [1.82, 2.24) is 9.55 Å². The van der Waals surface area contributed by atoms with Gasteiger partial charge < -0.3 is 10.3 Å². The van der Waals surface area contributed by atoms with E-state index < -0.39 is 0 Å². The number of aromatic nitrogens is 2. The molecule has 2 N–H and O–H groups in total. The Morgan fingerprint density at radius 2 is 2.00 bits per heavy atom. The van der Waals surface area contributed by atoms with Gasteiger partial charge in [0, 0.05) is 9.75 Å². The summed E-state index contributed by atoms with van der Waals surface area (Å²) in [6.07, 6.45) is 0. The van der Waals surface area contributed by atoms with Crippen LogP contribution in [0.1, 0.15) is 28.3 Å². The summed E-state index contributed by atoms with van der Waals surface area (Å²) in [6.45, 7) is 6.39. The third-order valence-electron chi connectivity index (χ3n) is 3.43. The van der Waals surface area contributed by atoms with E-state index in [4.69, 9.17) is 5.73 Å². The van der Waals surface area contributed by atoms with Gasteiger partial charge >= 0.3 is 0 Å². The van der Waals surface area contributed by atoms with Gasteiger partial charge in [-0.15, -0.1) is 11.3 Å². The molecule has 0 radical (unpaired) electrons. The summed E-state index contributed by atoms with van der Waals surface area (Å²) in [5.41, 5.74) is 9.40. The van der Waals surface area contributed by atoms with E-state index in [0.29, 0.717) is 5.95 Å². The Labute approximate surface area is 116 Å². The first-order chi connectivity index (χ1) is 9.06. The van der Waals surface area contributed by atoms with Crippen molar-refractivity contribution in [2.45, 2.75) is 26.8 Å². The third kappa shape index (κ3) is 2.02. The molecule has 0 amide bonds. The van der Waals surface area contributed by atoms with Crippen molar-refractivity contribution in [3.05, 3.63) is 45.6 Å². The van der Waals surface area contributed by atoms with Gasteiger partial charge in [-0.25, -0.2) is 4.98 Å². The van der Waals surface area contributed by atoms with E-state index in [1.807, 2.05) is 17.4 Å². The highest BCUT2D eigenvalue weighted by molar-refractivity contribution is 7.12. The summed E-state index contributed by atoms with van der Waals surface area (Å²) in [6, 6.07) is 10.8. The number of anilines is 1. The Morgan fingerprint density at radius 1 is 1.21 bits per heavy atom. The maximum Gasteiger partial charge on any atom is 0.201 e. The highest BCUT2D eigenvalue weighted by Crippen LogP contribution is 2.31. The number of fused-ring (bicyclic) bond motifs is 1. The van der Waals surface area contributed by atoms with Gasteiger partial charge in [-0.05, 0) is 50.6 Å². The molecule has 0 fully saturated rings. The van der Waals surface area contributed by atoms with Gasteiger partial charge in [0.2, 0.25) is 5.95 Å². The largest absolute Gasteiger partial charge is 0.369 e. The maximum atomic E-state index is 6.10. The van der Waals surface area contributed by atoms with E-state index in [9.17, 15) is 0 Å². The smallest absolute Gasteiger partial charge is 0.201 e. The minimum absolute atomic E-state index is 0.213. The fourth-order valence-electron chi connectivity index (χ4n) is 2.43. The van der Waals surface area contributed by atoms with E-state index in [-0.39, 0.29) is 6.04 Å². The average Bonchev–Trinajstić information content (AvgIpc) is 2.91. The lowest BCUT2D eigenvalue weighted by Crippen LogP contribution is -2.08. The molecule has 19 heavy (non-hydrogen) atoms. The Hall–Kier alpha value is -1.81. The van der Waals surface area contributed by atoms with Crippen LogP contribution < -0.4 is 5.73 Å². The maximum absolute atomic E-state index is 6.10. The zero-order valence-electron chi connectivity index (χ0n) is 11.3. The van der Waals surface area contributed by atoms with Gasteiger partial charge in [-0.2, -0.15) is 0 Å². The van der Waals surface area contributed by atoms with Crippen molar-refractivity contribution in [2.24, 2.45) is 0 Å². The van der Waals surface area contributed by atoms with Crippen LogP contribution in [-0.2, 0) is 0 Å². The third-order valence-corrected chi connectivity index (χ3v) is 4.60. The predicted molar refractivity (Wildman–Crippen MR) is 81.8 cm³/mol. The summed E-state index contributed by atoms with van der Waals surface area (Å²) in [7, 11) is 0. The second-order valence-electron chi connectivity index (χ2n) is 4.96. The number of hydrogen-bond acceptors (Lipinski definition) is 3. The Balaban J connectivity index is 2.18. The van der Waals surface area contributed by atoms with Gasteiger partial charge in [-0.3, -0.25) is 0 Å². The van der Waals surface area contributed by atoms with Crippen LogP contribution in [0.25, 0.3) is 11.0 Å². The average molecular weight is 271 g/mol. The van der Waals surface area contributed by atoms with Gasteiger partial charge in [0.1, 0.15) is 0 Å². The summed E-state index contributed by atoms with van der Waals surface area (Å²) < 4.78 is 2.12. The topological polar surface area (TPSA) is 43.8 Å². The zero-order valence-corrected chi connectivity index (χ0v) is 12.2. The first-order valence-corrected chi connectivity index (χ1v) is 7.18. The summed E-state index contributed by atoms with van der Waals surface area (Å²) >= 11 is 1.81.